The summed E-state index contributed by atoms with van der Waals surface area (Å²) in [5.74, 6) is 0.0727. The zero-order chi connectivity index (χ0) is 16.9. The molecule has 0 saturated carbocycles. The van der Waals surface area contributed by atoms with E-state index in [1.165, 1.54) is 6.42 Å². The molecule has 0 bridgehead atoms. The van der Waals surface area contributed by atoms with Gasteiger partial charge in [0.05, 0.1) is 17.1 Å². The zero-order valence-corrected chi connectivity index (χ0v) is 15.9. The standard InChI is InChI=1S/C17H25N3OS2/c1-5-6-9-18-16-20-13(11-22-16)14-8-7-12(23-14)10-19-15(21)17(2,3)4/h7-8,11H,5-6,9-10H2,1-4H3,(H,18,20)(H,19,21). The minimum absolute atomic E-state index is 0.0727. The van der Waals surface area contributed by atoms with Gasteiger partial charge in [-0.15, -0.1) is 22.7 Å². The Morgan fingerprint density at radius 2 is 2.09 bits per heavy atom. The van der Waals surface area contributed by atoms with Crippen molar-refractivity contribution < 1.29 is 4.79 Å². The molecule has 0 spiro atoms. The van der Waals surface area contributed by atoms with Crippen LogP contribution in [0.4, 0.5) is 5.13 Å². The van der Waals surface area contributed by atoms with Crippen LogP contribution in [-0.2, 0) is 11.3 Å². The molecular formula is C17H25N3OS2. The summed E-state index contributed by atoms with van der Waals surface area (Å²) in [6.45, 7) is 9.49. The van der Waals surface area contributed by atoms with Crippen molar-refractivity contribution in [3.8, 4) is 10.6 Å². The second kappa shape index (κ2) is 7.93. The highest BCUT2D eigenvalue weighted by Crippen LogP contribution is 2.30. The molecule has 4 nitrogen and oxygen atoms in total. The Labute approximate surface area is 146 Å². The number of thiazole rings is 1. The van der Waals surface area contributed by atoms with Crippen molar-refractivity contribution >= 4 is 33.7 Å². The lowest BCUT2D eigenvalue weighted by Crippen LogP contribution is -2.34. The highest BCUT2D eigenvalue weighted by atomic mass is 32.1. The minimum atomic E-state index is -0.353. The first kappa shape index (κ1) is 17.9. The van der Waals surface area contributed by atoms with E-state index >= 15 is 0 Å². The van der Waals surface area contributed by atoms with Crippen LogP contribution >= 0.6 is 22.7 Å². The largest absolute Gasteiger partial charge is 0.362 e. The molecule has 0 aliphatic heterocycles. The summed E-state index contributed by atoms with van der Waals surface area (Å²) in [5.41, 5.74) is 0.654. The van der Waals surface area contributed by atoms with Crippen LogP contribution in [0.5, 0.6) is 0 Å². The summed E-state index contributed by atoms with van der Waals surface area (Å²) in [6.07, 6.45) is 2.34. The van der Waals surface area contributed by atoms with Crippen LogP contribution in [-0.4, -0.2) is 17.4 Å². The van der Waals surface area contributed by atoms with E-state index in [4.69, 9.17) is 0 Å². The van der Waals surface area contributed by atoms with Gasteiger partial charge in [0.1, 0.15) is 0 Å². The molecule has 0 aliphatic rings. The Kier molecular flexibility index (Phi) is 6.18. The van der Waals surface area contributed by atoms with E-state index in [9.17, 15) is 4.79 Å². The predicted molar refractivity (Wildman–Crippen MR) is 100 cm³/mol. The summed E-state index contributed by atoms with van der Waals surface area (Å²) in [4.78, 5) is 18.8. The molecule has 0 aromatic carbocycles. The topological polar surface area (TPSA) is 54.0 Å². The van der Waals surface area contributed by atoms with Gasteiger partial charge >= 0.3 is 0 Å². The first-order valence-electron chi connectivity index (χ1n) is 7.97. The number of hydrogen-bond donors (Lipinski definition) is 2. The predicted octanol–water partition coefficient (Wildman–Crippen LogP) is 4.75. The number of anilines is 1. The van der Waals surface area contributed by atoms with E-state index in [1.54, 1.807) is 22.7 Å². The van der Waals surface area contributed by atoms with Crippen LogP contribution < -0.4 is 10.6 Å². The Bertz CT molecular complexity index is 640. The molecule has 6 heteroatoms. The van der Waals surface area contributed by atoms with Crippen LogP contribution in [0.2, 0.25) is 0 Å². The number of unbranched alkanes of at least 4 members (excludes halogenated alkanes) is 1. The van der Waals surface area contributed by atoms with Gasteiger partial charge in [0.2, 0.25) is 5.91 Å². The zero-order valence-electron chi connectivity index (χ0n) is 14.2. The molecule has 0 aliphatic carbocycles. The van der Waals surface area contributed by atoms with Crippen LogP contribution in [0.15, 0.2) is 17.5 Å². The number of amides is 1. The van der Waals surface area contributed by atoms with Crippen molar-refractivity contribution in [2.24, 2.45) is 5.41 Å². The van der Waals surface area contributed by atoms with Gasteiger partial charge in [-0.2, -0.15) is 0 Å². The van der Waals surface area contributed by atoms with E-state index in [0.29, 0.717) is 6.54 Å². The van der Waals surface area contributed by atoms with Gasteiger partial charge in [-0.25, -0.2) is 4.98 Å². The van der Waals surface area contributed by atoms with Gasteiger partial charge in [-0.05, 0) is 18.6 Å². The van der Waals surface area contributed by atoms with Crippen LogP contribution in [0.3, 0.4) is 0 Å². The number of hydrogen-bond acceptors (Lipinski definition) is 5. The lowest BCUT2D eigenvalue weighted by atomic mass is 9.96. The van der Waals surface area contributed by atoms with Crippen molar-refractivity contribution in [2.45, 2.75) is 47.1 Å². The second-order valence-corrected chi connectivity index (χ2v) is 8.54. The van der Waals surface area contributed by atoms with Gasteiger partial charge < -0.3 is 10.6 Å². The van der Waals surface area contributed by atoms with Crippen molar-refractivity contribution in [2.75, 3.05) is 11.9 Å². The van der Waals surface area contributed by atoms with Crippen LogP contribution in [0.25, 0.3) is 10.6 Å². The summed E-state index contributed by atoms with van der Waals surface area (Å²) in [7, 11) is 0. The van der Waals surface area contributed by atoms with Gasteiger partial charge in [0, 0.05) is 22.2 Å². The lowest BCUT2D eigenvalue weighted by molar-refractivity contribution is -0.128. The number of nitrogens with one attached hydrogen (secondary N) is 2. The Balaban J connectivity index is 1.93. The summed E-state index contributed by atoms with van der Waals surface area (Å²) < 4.78 is 0. The molecule has 1 amide bonds. The monoisotopic (exact) mass is 351 g/mol. The lowest BCUT2D eigenvalue weighted by Gasteiger charge is -2.17. The average Bonchev–Trinajstić information content (AvgIpc) is 3.12. The maximum Gasteiger partial charge on any atom is 0.225 e. The van der Waals surface area contributed by atoms with Crippen molar-refractivity contribution in [3.63, 3.8) is 0 Å². The maximum atomic E-state index is 11.9. The van der Waals surface area contributed by atoms with E-state index in [0.717, 1.165) is 33.5 Å². The first-order valence-corrected chi connectivity index (χ1v) is 9.66. The number of carbonyl (C=O) groups excluding carboxylic acids is 1. The summed E-state index contributed by atoms with van der Waals surface area (Å²) in [5, 5.41) is 9.40. The Hall–Kier alpha value is -1.40. The van der Waals surface area contributed by atoms with Gasteiger partial charge in [-0.3, -0.25) is 4.79 Å². The third-order valence-corrected chi connectivity index (χ3v) is 5.24. The molecule has 0 saturated heterocycles. The quantitative estimate of drug-likeness (QED) is 0.708. The third-order valence-electron chi connectivity index (χ3n) is 3.33. The fourth-order valence-electron chi connectivity index (χ4n) is 1.88. The molecule has 2 N–H and O–H groups in total. The van der Waals surface area contributed by atoms with E-state index in [-0.39, 0.29) is 11.3 Å². The highest BCUT2D eigenvalue weighted by Gasteiger charge is 2.20. The van der Waals surface area contributed by atoms with Gasteiger partial charge in [0.25, 0.3) is 0 Å². The molecule has 2 aromatic heterocycles. The van der Waals surface area contributed by atoms with E-state index in [1.807, 2.05) is 20.8 Å². The molecule has 0 fully saturated rings. The number of rotatable bonds is 7. The molecule has 0 atom stereocenters. The van der Waals surface area contributed by atoms with Crippen LogP contribution in [0, 0.1) is 5.41 Å². The number of carbonyl (C=O) groups is 1. The van der Waals surface area contributed by atoms with E-state index < -0.39 is 0 Å². The number of thiophene rings is 1. The molecular weight excluding hydrogens is 326 g/mol. The SMILES string of the molecule is CCCCNc1nc(-c2ccc(CNC(=O)C(C)(C)C)s2)cs1. The van der Waals surface area contributed by atoms with Crippen molar-refractivity contribution in [1.82, 2.24) is 10.3 Å². The second-order valence-electron chi connectivity index (χ2n) is 6.52. The fourth-order valence-corrected chi connectivity index (χ4v) is 3.61. The minimum Gasteiger partial charge on any atom is -0.362 e. The molecule has 0 radical (unpaired) electrons. The summed E-state index contributed by atoms with van der Waals surface area (Å²) >= 11 is 3.32. The fraction of sp³-hybridized carbons (Fsp3) is 0.529. The highest BCUT2D eigenvalue weighted by molar-refractivity contribution is 7.17. The summed E-state index contributed by atoms with van der Waals surface area (Å²) in [6, 6.07) is 4.14. The van der Waals surface area contributed by atoms with Gasteiger partial charge in [0.15, 0.2) is 5.13 Å². The normalized spacial score (nSPS) is 11.5. The molecule has 126 valence electrons. The number of nitrogens with zero attached hydrogens (tertiary/aromatic N) is 1. The smallest absolute Gasteiger partial charge is 0.225 e. The van der Waals surface area contributed by atoms with Crippen molar-refractivity contribution in [1.29, 1.82) is 0 Å². The molecule has 2 rings (SSSR count). The maximum absolute atomic E-state index is 11.9. The van der Waals surface area contributed by atoms with Gasteiger partial charge in [-0.1, -0.05) is 34.1 Å². The molecule has 23 heavy (non-hydrogen) atoms. The molecule has 2 heterocycles. The van der Waals surface area contributed by atoms with Crippen LogP contribution in [0.1, 0.15) is 45.4 Å². The molecule has 0 unspecified atom stereocenters. The Morgan fingerprint density at radius 1 is 1.30 bits per heavy atom. The first-order chi connectivity index (χ1) is 10.9. The van der Waals surface area contributed by atoms with Crippen molar-refractivity contribution in [3.05, 3.63) is 22.4 Å². The third kappa shape index (κ3) is 5.32. The molecule has 2 aromatic rings. The average molecular weight is 352 g/mol. The Morgan fingerprint density at radius 3 is 2.78 bits per heavy atom. The number of aromatic nitrogens is 1. The van der Waals surface area contributed by atoms with E-state index in [2.05, 4.69) is 40.1 Å².